The maximum atomic E-state index is 12.8. The second-order valence-electron chi connectivity index (χ2n) is 2.96. The Morgan fingerprint density at radius 3 is 2.40 bits per heavy atom. The molecule has 0 aliphatic carbocycles. The van der Waals surface area contributed by atoms with Crippen LogP contribution in [0.4, 0.5) is 8.78 Å². The highest BCUT2D eigenvalue weighted by molar-refractivity contribution is 14.1. The molecule has 1 aromatic carbocycles. The number of hydrogen-bond acceptors (Lipinski definition) is 1. The van der Waals surface area contributed by atoms with E-state index in [1.165, 1.54) is 0 Å². The molecule has 15 heavy (non-hydrogen) atoms. The van der Waals surface area contributed by atoms with Gasteiger partial charge in [-0.25, -0.2) is 8.78 Å². The van der Waals surface area contributed by atoms with Crippen LogP contribution in [0.15, 0.2) is 18.2 Å². The van der Waals surface area contributed by atoms with Crippen molar-refractivity contribution in [1.82, 2.24) is 5.32 Å². The van der Waals surface area contributed by atoms with Gasteiger partial charge in [-0.1, -0.05) is 22.6 Å². The lowest BCUT2D eigenvalue weighted by atomic mass is 10.2. The average Bonchev–Trinajstić information content (AvgIpc) is 2.16. The molecule has 0 aliphatic heterocycles. The first kappa shape index (κ1) is 12.4. The van der Waals surface area contributed by atoms with Gasteiger partial charge in [-0.05, 0) is 18.6 Å². The summed E-state index contributed by atoms with van der Waals surface area (Å²) in [7, 11) is 0. The zero-order chi connectivity index (χ0) is 11.3. The highest BCUT2D eigenvalue weighted by atomic mass is 127. The number of benzene rings is 1. The van der Waals surface area contributed by atoms with Crippen LogP contribution in [-0.4, -0.2) is 16.9 Å². The Labute approximate surface area is 100 Å². The van der Waals surface area contributed by atoms with Crippen molar-refractivity contribution in [2.24, 2.45) is 0 Å². The predicted molar refractivity (Wildman–Crippen MR) is 62.2 cm³/mol. The van der Waals surface area contributed by atoms with Gasteiger partial charge in [0.1, 0.15) is 11.6 Å². The number of amides is 1. The van der Waals surface area contributed by atoms with Crippen molar-refractivity contribution < 1.29 is 13.6 Å². The Hall–Kier alpha value is -0.720. The third kappa shape index (κ3) is 4.11. The number of carbonyl (C=O) groups is 1. The van der Waals surface area contributed by atoms with Crippen LogP contribution >= 0.6 is 22.6 Å². The van der Waals surface area contributed by atoms with E-state index < -0.39 is 17.5 Å². The molecule has 5 heteroatoms. The third-order valence-corrected chi connectivity index (χ3v) is 2.48. The summed E-state index contributed by atoms with van der Waals surface area (Å²) < 4.78 is 26.4. The summed E-state index contributed by atoms with van der Waals surface area (Å²) in [6.07, 6.45) is 0.837. The lowest BCUT2D eigenvalue weighted by Gasteiger charge is -2.04. The number of halogens is 3. The number of carbonyl (C=O) groups excluding carboxylic acids is 1. The van der Waals surface area contributed by atoms with Crippen molar-refractivity contribution >= 4 is 28.5 Å². The lowest BCUT2D eigenvalue weighted by molar-refractivity contribution is 0.0953. The molecule has 82 valence electrons. The van der Waals surface area contributed by atoms with Crippen molar-refractivity contribution in [3.63, 3.8) is 0 Å². The molecule has 0 aromatic heterocycles. The second-order valence-corrected chi connectivity index (χ2v) is 4.04. The van der Waals surface area contributed by atoms with Gasteiger partial charge in [0.15, 0.2) is 0 Å². The van der Waals surface area contributed by atoms with Crippen LogP contribution in [0.25, 0.3) is 0 Å². The highest BCUT2D eigenvalue weighted by Crippen LogP contribution is 2.07. The summed E-state index contributed by atoms with van der Waals surface area (Å²) in [5, 5.41) is 2.58. The van der Waals surface area contributed by atoms with E-state index in [-0.39, 0.29) is 5.56 Å². The first-order valence-electron chi connectivity index (χ1n) is 4.43. The summed E-state index contributed by atoms with van der Waals surface area (Å²) in [4.78, 5) is 11.4. The zero-order valence-corrected chi connectivity index (χ0v) is 10.1. The van der Waals surface area contributed by atoms with Crippen LogP contribution in [0.1, 0.15) is 16.8 Å². The largest absolute Gasteiger partial charge is 0.352 e. The van der Waals surface area contributed by atoms with Crippen molar-refractivity contribution in [1.29, 1.82) is 0 Å². The topological polar surface area (TPSA) is 29.1 Å². The molecule has 0 radical (unpaired) electrons. The zero-order valence-electron chi connectivity index (χ0n) is 7.90. The van der Waals surface area contributed by atoms with E-state index in [0.29, 0.717) is 6.54 Å². The van der Waals surface area contributed by atoms with Gasteiger partial charge in [0, 0.05) is 22.6 Å². The fraction of sp³-hybridized carbons (Fsp3) is 0.300. The van der Waals surface area contributed by atoms with Crippen molar-refractivity contribution in [2.45, 2.75) is 6.42 Å². The summed E-state index contributed by atoms with van der Waals surface area (Å²) in [6, 6.07) is 2.77. The summed E-state index contributed by atoms with van der Waals surface area (Å²) in [5.74, 6) is -1.93. The van der Waals surface area contributed by atoms with Crippen LogP contribution in [-0.2, 0) is 0 Å². The molecule has 1 N–H and O–H groups in total. The molecule has 0 unspecified atom stereocenters. The Bertz CT molecular complexity index is 337. The van der Waals surface area contributed by atoms with Gasteiger partial charge in [0.05, 0.1) is 0 Å². The molecule has 1 aromatic rings. The van der Waals surface area contributed by atoms with Crippen LogP contribution < -0.4 is 5.32 Å². The Balaban J connectivity index is 2.65. The van der Waals surface area contributed by atoms with Gasteiger partial charge < -0.3 is 5.32 Å². The molecule has 2 nitrogen and oxygen atoms in total. The van der Waals surface area contributed by atoms with E-state index in [4.69, 9.17) is 0 Å². The van der Waals surface area contributed by atoms with Gasteiger partial charge >= 0.3 is 0 Å². The lowest BCUT2D eigenvalue weighted by Crippen LogP contribution is -2.24. The molecule has 0 heterocycles. The summed E-state index contributed by atoms with van der Waals surface area (Å²) in [5.41, 5.74) is 0.0148. The Morgan fingerprint density at radius 1 is 1.27 bits per heavy atom. The average molecular weight is 325 g/mol. The fourth-order valence-electron chi connectivity index (χ4n) is 1.06. The van der Waals surface area contributed by atoms with Crippen LogP contribution in [0, 0.1) is 11.6 Å². The van der Waals surface area contributed by atoms with Gasteiger partial charge in [-0.2, -0.15) is 0 Å². The smallest absolute Gasteiger partial charge is 0.251 e. The van der Waals surface area contributed by atoms with E-state index in [9.17, 15) is 13.6 Å². The van der Waals surface area contributed by atoms with E-state index in [0.717, 1.165) is 29.0 Å². The van der Waals surface area contributed by atoms with Gasteiger partial charge in [-0.15, -0.1) is 0 Å². The maximum Gasteiger partial charge on any atom is 0.251 e. The van der Waals surface area contributed by atoms with E-state index in [2.05, 4.69) is 27.9 Å². The van der Waals surface area contributed by atoms with Gasteiger partial charge in [0.2, 0.25) is 0 Å². The predicted octanol–water partition coefficient (Wildman–Crippen LogP) is 2.52. The summed E-state index contributed by atoms with van der Waals surface area (Å²) in [6.45, 7) is 0.514. The van der Waals surface area contributed by atoms with Crippen LogP contribution in [0.2, 0.25) is 0 Å². The Morgan fingerprint density at radius 2 is 1.87 bits per heavy atom. The molecule has 0 bridgehead atoms. The minimum absolute atomic E-state index is 0.0148. The molecular weight excluding hydrogens is 315 g/mol. The minimum atomic E-state index is -0.742. The number of nitrogens with one attached hydrogen (secondary N) is 1. The SMILES string of the molecule is O=C(NCCCI)c1cc(F)cc(F)c1. The first-order valence-corrected chi connectivity index (χ1v) is 5.96. The normalized spacial score (nSPS) is 10.1. The molecule has 0 aliphatic rings. The fourth-order valence-corrected chi connectivity index (χ4v) is 1.44. The van der Waals surface area contributed by atoms with Crippen LogP contribution in [0.3, 0.4) is 0 Å². The van der Waals surface area contributed by atoms with E-state index in [1.54, 1.807) is 0 Å². The van der Waals surface area contributed by atoms with Crippen molar-refractivity contribution in [3.05, 3.63) is 35.4 Å². The highest BCUT2D eigenvalue weighted by Gasteiger charge is 2.07. The van der Waals surface area contributed by atoms with Crippen molar-refractivity contribution in [3.8, 4) is 0 Å². The quantitative estimate of drug-likeness (QED) is 0.514. The number of rotatable bonds is 4. The molecule has 0 fully saturated rings. The van der Waals surface area contributed by atoms with E-state index >= 15 is 0 Å². The standard InChI is InChI=1S/C10H10F2INO/c11-8-4-7(5-9(12)6-8)10(15)14-3-1-2-13/h4-6H,1-3H2,(H,14,15). The monoisotopic (exact) mass is 325 g/mol. The number of hydrogen-bond donors (Lipinski definition) is 1. The molecule has 0 saturated heterocycles. The van der Waals surface area contributed by atoms with E-state index in [1.807, 2.05) is 0 Å². The third-order valence-electron chi connectivity index (χ3n) is 1.72. The van der Waals surface area contributed by atoms with Crippen molar-refractivity contribution in [2.75, 3.05) is 11.0 Å². The summed E-state index contributed by atoms with van der Waals surface area (Å²) >= 11 is 2.19. The van der Waals surface area contributed by atoms with Gasteiger partial charge in [-0.3, -0.25) is 4.79 Å². The Kier molecular flexibility index (Phi) is 4.93. The molecule has 0 atom stereocenters. The molecule has 0 saturated carbocycles. The molecule has 1 amide bonds. The minimum Gasteiger partial charge on any atom is -0.352 e. The molecule has 0 spiro atoms. The number of alkyl halides is 1. The van der Waals surface area contributed by atoms with Crippen LogP contribution in [0.5, 0.6) is 0 Å². The molecule has 1 rings (SSSR count). The second kappa shape index (κ2) is 5.99. The maximum absolute atomic E-state index is 12.8. The molecular formula is C10H10F2INO. The van der Waals surface area contributed by atoms with Gasteiger partial charge in [0.25, 0.3) is 5.91 Å². The first-order chi connectivity index (χ1) is 7.13.